The molecule has 0 spiro atoms. The molecule has 0 radical (unpaired) electrons. The van der Waals surface area contributed by atoms with Crippen LogP contribution in [0.2, 0.25) is 0 Å². The zero-order valence-corrected chi connectivity index (χ0v) is 29.5. The first-order valence-corrected chi connectivity index (χ1v) is 17.1. The highest BCUT2D eigenvalue weighted by molar-refractivity contribution is 7.80. The number of anilines is 1. The third-order valence-corrected chi connectivity index (χ3v) is 8.10. The number of aryl methyl sites for hydroxylation is 2. The number of β-lactam (4-membered cyclic amide) rings is 1. The Bertz CT molecular complexity index is 1950. The molecule has 1 saturated heterocycles. The summed E-state index contributed by atoms with van der Waals surface area (Å²) in [6.07, 6.45) is -1.96. The van der Waals surface area contributed by atoms with Crippen LogP contribution in [0.15, 0.2) is 47.2 Å². The van der Waals surface area contributed by atoms with Gasteiger partial charge in [-0.15, -0.1) is 20.3 Å². The van der Waals surface area contributed by atoms with Gasteiger partial charge in [0.1, 0.15) is 24.1 Å². The second-order valence-corrected chi connectivity index (χ2v) is 13.3. The molecule has 3 heterocycles. The van der Waals surface area contributed by atoms with Crippen LogP contribution in [-0.2, 0) is 52.3 Å². The zero-order chi connectivity index (χ0) is 39.9. The van der Waals surface area contributed by atoms with Crippen molar-refractivity contribution in [2.45, 2.75) is 50.7 Å². The van der Waals surface area contributed by atoms with E-state index in [2.05, 4.69) is 19.7 Å². The zero-order valence-electron chi connectivity index (χ0n) is 27.9. The lowest BCUT2D eigenvalue weighted by Gasteiger charge is -2.50. The number of nitrogens with one attached hydrogen (secondary N) is 1. The van der Waals surface area contributed by atoms with Gasteiger partial charge in [0.2, 0.25) is 6.20 Å². The average Bonchev–Trinajstić information content (AvgIpc) is 3.66. The molecule has 290 valence electrons. The van der Waals surface area contributed by atoms with Crippen molar-refractivity contribution in [1.29, 1.82) is 0 Å². The SMILES string of the molecule is C[n+]1cc(-c2ccc(OC[C@H](O/N=C(\C(=O)N[C@@H]3C(=O)N(OS(=O)(=O)O)C3(C)C)c3csc(N)n3)C(=O)O)cc2)cn1CCCN.O=C(O)C(F)(F)F. The number of aliphatic carboxylic acids is 2. The molecule has 0 bridgehead atoms. The molecule has 53 heavy (non-hydrogen) atoms. The van der Waals surface area contributed by atoms with Crippen molar-refractivity contribution in [1.82, 2.24) is 20.0 Å². The van der Waals surface area contributed by atoms with E-state index in [0.717, 1.165) is 35.4 Å². The van der Waals surface area contributed by atoms with Gasteiger partial charge in [0.05, 0.1) is 23.8 Å². The number of ether oxygens (including phenoxy) is 1. The Morgan fingerprint density at radius 2 is 1.81 bits per heavy atom. The number of oxime groups is 1. The van der Waals surface area contributed by atoms with E-state index < -0.39 is 70.3 Å². The van der Waals surface area contributed by atoms with Gasteiger partial charge in [-0.05, 0) is 44.5 Å². The van der Waals surface area contributed by atoms with Gasteiger partial charge in [-0.2, -0.15) is 31.3 Å². The van der Waals surface area contributed by atoms with Gasteiger partial charge in [0.25, 0.3) is 17.9 Å². The van der Waals surface area contributed by atoms with Crippen LogP contribution >= 0.6 is 11.3 Å². The number of nitrogens with two attached hydrogens (primary N) is 2. The minimum atomic E-state index is -5.08. The molecule has 3 aromatic rings. The largest absolute Gasteiger partial charge is 0.490 e. The third-order valence-electron chi connectivity index (χ3n) is 7.09. The molecule has 0 saturated carbocycles. The number of benzene rings is 1. The number of hydroxylamine groups is 2. The van der Waals surface area contributed by atoms with Crippen LogP contribution < -0.4 is 26.2 Å². The van der Waals surface area contributed by atoms with E-state index in [0.29, 0.717) is 17.4 Å². The van der Waals surface area contributed by atoms with Crippen molar-refractivity contribution >= 4 is 56.3 Å². The summed E-state index contributed by atoms with van der Waals surface area (Å²) in [4.78, 5) is 55.7. The van der Waals surface area contributed by atoms with Crippen molar-refractivity contribution in [3.05, 3.63) is 47.7 Å². The van der Waals surface area contributed by atoms with Crippen molar-refractivity contribution < 1.29 is 74.1 Å². The molecule has 25 heteroatoms. The summed E-state index contributed by atoms with van der Waals surface area (Å²) in [7, 11) is -3.09. The van der Waals surface area contributed by atoms with Gasteiger partial charge in [-0.1, -0.05) is 17.3 Å². The molecular weight excluding hydrogens is 761 g/mol. The van der Waals surface area contributed by atoms with Crippen LogP contribution in [0.4, 0.5) is 18.3 Å². The number of thiazole rings is 1. The molecule has 8 N–H and O–H groups in total. The molecule has 0 aliphatic carbocycles. The van der Waals surface area contributed by atoms with Crippen molar-refractivity contribution in [2.24, 2.45) is 17.9 Å². The Balaban J connectivity index is 0.000000980. The van der Waals surface area contributed by atoms with Crippen LogP contribution in [0.5, 0.6) is 5.75 Å². The Labute approximate surface area is 302 Å². The Hall–Kier alpha value is -5.37. The molecule has 20 nitrogen and oxygen atoms in total. The number of carbonyl (C=O) groups is 4. The first-order chi connectivity index (χ1) is 24.5. The molecule has 2 aromatic heterocycles. The van der Waals surface area contributed by atoms with Crippen molar-refractivity contribution in [3.63, 3.8) is 0 Å². The van der Waals surface area contributed by atoms with Gasteiger partial charge in [-0.3, -0.25) is 14.1 Å². The summed E-state index contributed by atoms with van der Waals surface area (Å²) < 4.78 is 76.7. The predicted molar refractivity (Wildman–Crippen MR) is 175 cm³/mol. The number of nitrogen functional groups attached to an aromatic ring is 1. The highest BCUT2D eigenvalue weighted by atomic mass is 32.3. The maximum atomic E-state index is 13.2. The van der Waals surface area contributed by atoms with Crippen LogP contribution in [0.25, 0.3) is 11.1 Å². The fourth-order valence-corrected chi connectivity index (χ4v) is 5.39. The van der Waals surface area contributed by atoms with Crippen molar-refractivity contribution in [3.8, 4) is 16.9 Å². The summed E-state index contributed by atoms with van der Waals surface area (Å²) in [6.45, 7) is 3.59. The second-order valence-electron chi connectivity index (χ2n) is 11.4. The smallest absolute Gasteiger partial charge is 0.489 e. The summed E-state index contributed by atoms with van der Waals surface area (Å²) >= 11 is 0.961. The lowest BCUT2D eigenvalue weighted by molar-refractivity contribution is -0.753. The molecule has 2 amide bonds. The lowest BCUT2D eigenvalue weighted by Crippen LogP contribution is -2.76. The minimum Gasteiger partial charge on any atom is -0.489 e. The molecule has 0 unspecified atom stereocenters. The summed E-state index contributed by atoms with van der Waals surface area (Å²) in [5, 5.41) is 24.7. The molecule has 1 fully saturated rings. The van der Waals surface area contributed by atoms with Gasteiger partial charge < -0.3 is 36.6 Å². The number of nitrogens with zero attached hydrogens (tertiary/aromatic N) is 5. The number of carboxylic acid groups (broad SMARTS) is 2. The number of rotatable bonds is 15. The minimum absolute atomic E-state index is 0.0609. The fourth-order valence-electron chi connectivity index (χ4n) is 4.38. The molecule has 1 aliphatic heterocycles. The van der Waals surface area contributed by atoms with E-state index in [-0.39, 0.29) is 10.8 Å². The molecule has 4 rings (SSSR count). The summed E-state index contributed by atoms with van der Waals surface area (Å²) in [5.41, 5.74) is 11.1. The van der Waals surface area contributed by atoms with E-state index in [9.17, 15) is 41.1 Å². The van der Waals surface area contributed by atoms with E-state index in [4.69, 9.17) is 35.5 Å². The van der Waals surface area contributed by atoms with Gasteiger partial charge in [-0.25, -0.2) is 14.6 Å². The van der Waals surface area contributed by atoms with Crippen LogP contribution in [0, 0.1) is 0 Å². The Morgan fingerprint density at radius 3 is 2.30 bits per heavy atom. The predicted octanol–water partition coefficient (Wildman–Crippen LogP) is 0.0933. The average molecular weight is 796 g/mol. The molecular formula is C28H34F3N8O12S2+. The lowest BCUT2D eigenvalue weighted by atomic mass is 9.84. The number of alkyl halides is 3. The Kier molecular flexibility index (Phi) is 13.5. The number of hydrogen-bond acceptors (Lipinski definition) is 14. The van der Waals surface area contributed by atoms with Gasteiger partial charge >= 0.3 is 28.5 Å². The van der Waals surface area contributed by atoms with E-state index in [1.165, 1.54) is 19.2 Å². The van der Waals surface area contributed by atoms with Gasteiger partial charge in [0.15, 0.2) is 17.9 Å². The number of amides is 2. The Morgan fingerprint density at radius 1 is 1.19 bits per heavy atom. The summed E-state index contributed by atoms with van der Waals surface area (Å²) in [6, 6.07) is 5.63. The second kappa shape index (κ2) is 17.0. The highest BCUT2D eigenvalue weighted by Gasteiger charge is 2.58. The van der Waals surface area contributed by atoms with Crippen LogP contribution in [-0.4, -0.2) is 104 Å². The van der Waals surface area contributed by atoms with Crippen LogP contribution in [0.1, 0.15) is 26.0 Å². The number of halogens is 3. The van der Waals surface area contributed by atoms with E-state index in [1.807, 2.05) is 40.9 Å². The highest BCUT2D eigenvalue weighted by Crippen LogP contribution is 2.33. The normalized spacial score (nSPS) is 16.2. The number of aromatic nitrogens is 3. The number of carboxylic acids is 2. The quantitative estimate of drug-likeness (QED) is 0.0391. The van der Waals surface area contributed by atoms with E-state index >= 15 is 0 Å². The summed E-state index contributed by atoms with van der Waals surface area (Å²) in [5.74, 6) is -5.86. The molecule has 2 atom stereocenters. The maximum absolute atomic E-state index is 13.2. The van der Waals surface area contributed by atoms with Gasteiger partial charge in [0, 0.05) is 5.38 Å². The standard InChI is InChI=1S/C26H32N8O10S2.C2HF3O2/c1-26(2)21(23(36)34(26)44-46(39,40)41)30-22(35)20(18-14-45-25(28)29-18)31-43-19(24(37)38)13-42-17-7-5-15(6-8-17)16-11-32(3)33(12-16)10-4-9-27;3-2(4,5)1(6)7/h5-8,11-12,14,19,21H,4,9-10,13,27H2,1-3H3,(H4-,28,29,30,35,37,38,39,40,41);(H,6,7)/p+1/b31-20-;/t19-,21+;/m0./s1. The molecule has 1 aromatic carbocycles. The maximum Gasteiger partial charge on any atom is 0.490 e. The van der Waals surface area contributed by atoms with Crippen molar-refractivity contribution in [2.75, 3.05) is 18.9 Å². The fraction of sp³-hybridized carbons (Fsp3) is 0.393. The molecule has 1 aliphatic rings. The third kappa shape index (κ3) is 11.3. The first kappa shape index (κ1) is 42.0. The van der Waals surface area contributed by atoms with Crippen LogP contribution in [0.3, 0.4) is 0 Å². The van der Waals surface area contributed by atoms with E-state index in [1.54, 1.807) is 12.1 Å². The number of carbonyl (C=O) groups excluding carboxylic acids is 2. The first-order valence-electron chi connectivity index (χ1n) is 14.8. The topological polar surface area (TPSA) is 292 Å². The monoisotopic (exact) mass is 795 g/mol. The number of hydrogen-bond donors (Lipinski definition) is 6.